The Kier molecular flexibility index (Phi) is 1.94. The molecule has 3 N–H and O–H groups in total. The molecular formula is C9H10N2OS. The van der Waals surface area contributed by atoms with Crippen molar-refractivity contribution in [3.8, 4) is 0 Å². The summed E-state index contributed by atoms with van der Waals surface area (Å²) >= 11 is 1.44. The highest BCUT2D eigenvalue weighted by Gasteiger charge is 2.04. The van der Waals surface area contributed by atoms with Crippen LogP contribution in [0.15, 0.2) is 18.2 Å². The van der Waals surface area contributed by atoms with Gasteiger partial charge in [0.25, 0.3) is 0 Å². The fourth-order valence-electron chi connectivity index (χ4n) is 1.22. The van der Waals surface area contributed by atoms with Gasteiger partial charge >= 0.3 is 0 Å². The summed E-state index contributed by atoms with van der Waals surface area (Å²) in [5, 5.41) is 9.91. The van der Waals surface area contributed by atoms with Gasteiger partial charge < -0.3 is 10.8 Å². The van der Waals surface area contributed by atoms with Crippen molar-refractivity contribution in [1.29, 1.82) is 0 Å². The molecule has 1 unspecified atom stereocenters. The maximum absolute atomic E-state index is 9.34. The molecule has 0 aliphatic carbocycles. The molecule has 0 bridgehead atoms. The predicted octanol–water partition coefficient (Wildman–Crippen LogP) is 1.93. The second kappa shape index (κ2) is 2.97. The fraction of sp³-hybridized carbons (Fsp3) is 0.222. The minimum Gasteiger partial charge on any atom is -0.389 e. The number of hydrogen-bond acceptors (Lipinski definition) is 4. The maximum atomic E-state index is 9.34. The molecule has 1 aromatic carbocycles. The molecule has 1 atom stereocenters. The topological polar surface area (TPSA) is 59.1 Å². The van der Waals surface area contributed by atoms with Gasteiger partial charge in [-0.2, -0.15) is 0 Å². The number of fused-ring (bicyclic) bond motifs is 1. The quantitative estimate of drug-likeness (QED) is 0.729. The van der Waals surface area contributed by atoms with E-state index in [9.17, 15) is 5.11 Å². The molecule has 13 heavy (non-hydrogen) atoms. The van der Waals surface area contributed by atoms with E-state index in [4.69, 9.17) is 5.73 Å². The Morgan fingerprint density at radius 3 is 3.00 bits per heavy atom. The lowest BCUT2D eigenvalue weighted by Gasteiger charge is -2.02. The lowest BCUT2D eigenvalue weighted by atomic mass is 10.1. The number of aliphatic hydroxyl groups excluding tert-OH is 1. The van der Waals surface area contributed by atoms with Crippen molar-refractivity contribution in [2.75, 3.05) is 5.73 Å². The van der Waals surface area contributed by atoms with Crippen molar-refractivity contribution in [1.82, 2.24) is 4.98 Å². The van der Waals surface area contributed by atoms with Crippen molar-refractivity contribution in [2.24, 2.45) is 0 Å². The Balaban J connectivity index is 2.61. The van der Waals surface area contributed by atoms with Crippen LogP contribution >= 0.6 is 11.3 Å². The van der Waals surface area contributed by atoms with E-state index in [0.717, 1.165) is 15.8 Å². The number of rotatable bonds is 1. The molecule has 4 heteroatoms. The molecule has 3 nitrogen and oxygen atoms in total. The third-order valence-corrected chi connectivity index (χ3v) is 2.76. The predicted molar refractivity (Wildman–Crippen MR) is 54.7 cm³/mol. The summed E-state index contributed by atoms with van der Waals surface area (Å²) in [4.78, 5) is 4.13. The van der Waals surface area contributed by atoms with Gasteiger partial charge in [-0.1, -0.05) is 17.4 Å². The first-order valence-corrected chi connectivity index (χ1v) is 4.82. The Bertz CT molecular complexity index is 436. The van der Waals surface area contributed by atoms with Gasteiger partial charge in [0.05, 0.1) is 16.3 Å². The zero-order valence-corrected chi connectivity index (χ0v) is 8.01. The Hall–Kier alpha value is -1.13. The molecule has 68 valence electrons. The number of hydrogen-bond donors (Lipinski definition) is 2. The van der Waals surface area contributed by atoms with Crippen LogP contribution in [0.3, 0.4) is 0 Å². The smallest absolute Gasteiger partial charge is 0.181 e. The number of nitrogen functional groups attached to an aromatic ring is 1. The molecule has 2 aromatic rings. The summed E-state index contributed by atoms with van der Waals surface area (Å²) in [6.45, 7) is 1.74. The summed E-state index contributed by atoms with van der Waals surface area (Å²) in [5.74, 6) is 0. The van der Waals surface area contributed by atoms with Crippen LogP contribution in [0.25, 0.3) is 10.2 Å². The lowest BCUT2D eigenvalue weighted by molar-refractivity contribution is 0.199. The van der Waals surface area contributed by atoms with Crippen LogP contribution < -0.4 is 5.73 Å². The monoisotopic (exact) mass is 194 g/mol. The molecule has 0 aliphatic rings. The highest BCUT2D eigenvalue weighted by Crippen LogP contribution is 2.26. The van der Waals surface area contributed by atoms with Gasteiger partial charge in [-0.3, -0.25) is 0 Å². The first-order chi connectivity index (χ1) is 6.16. The van der Waals surface area contributed by atoms with Crippen molar-refractivity contribution < 1.29 is 5.11 Å². The van der Waals surface area contributed by atoms with Gasteiger partial charge in [0.1, 0.15) is 0 Å². The first kappa shape index (κ1) is 8.47. The Morgan fingerprint density at radius 2 is 2.31 bits per heavy atom. The summed E-state index contributed by atoms with van der Waals surface area (Å²) in [6.07, 6.45) is -0.437. The highest BCUT2D eigenvalue weighted by molar-refractivity contribution is 7.22. The SMILES string of the molecule is CC(O)c1ccc2nc(N)sc2c1. The third kappa shape index (κ3) is 1.50. The van der Waals surface area contributed by atoms with Crippen molar-refractivity contribution in [3.63, 3.8) is 0 Å². The molecule has 0 spiro atoms. The van der Waals surface area contributed by atoms with Crippen LogP contribution in [0.2, 0.25) is 0 Å². The van der Waals surface area contributed by atoms with E-state index >= 15 is 0 Å². The van der Waals surface area contributed by atoms with E-state index < -0.39 is 6.10 Å². The van der Waals surface area contributed by atoms with Crippen LogP contribution in [0, 0.1) is 0 Å². The molecule has 0 fully saturated rings. The number of nitrogens with zero attached hydrogens (tertiary/aromatic N) is 1. The fourth-order valence-corrected chi connectivity index (χ4v) is 2.00. The highest BCUT2D eigenvalue weighted by atomic mass is 32.1. The average molecular weight is 194 g/mol. The number of aromatic nitrogens is 1. The minimum atomic E-state index is -0.437. The summed E-state index contributed by atoms with van der Waals surface area (Å²) in [7, 11) is 0. The van der Waals surface area contributed by atoms with E-state index in [1.165, 1.54) is 11.3 Å². The lowest BCUT2D eigenvalue weighted by Crippen LogP contribution is -1.89. The maximum Gasteiger partial charge on any atom is 0.181 e. The normalized spacial score (nSPS) is 13.4. The van der Waals surface area contributed by atoms with E-state index in [-0.39, 0.29) is 0 Å². The van der Waals surface area contributed by atoms with E-state index in [1.54, 1.807) is 6.92 Å². The number of nitrogens with two attached hydrogens (primary N) is 1. The van der Waals surface area contributed by atoms with E-state index in [0.29, 0.717) is 5.13 Å². The minimum absolute atomic E-state index is 0.437. The van der Waals surface area contributed by atoms with Crippen LogP contribution in [0.1, 0.15) is 18.6 Å². The van der Waals surface area contributed by atoms with Gasteiger partial charge in [-0.05, 0) is 24.6 Å². The third-order valence-electron chi connectivity index (χ3n) is 1.91. The zero-order valence-electron chi connectivity index (χ0n) is 7.19. The number of aliphatic hydroxyl groups is 1. The van der Waals surface area contributed by atoms with Crippen molar-refractivity contribution >= 4 is 26.7 Å². The standard InChI is InChI=1S/C9H10N2OS/c1-5(12)6-2-3-7-8(4-6)13-9(10)11-7/h2-5,12H,1H3,(H2,10,11). The van der Waals surface area contributed by atoms with Gasteiger partial charge in [-0.15, -0.1) is 0 Å². The van der Waals surface area contributed by atoms with Crippen LogP contribution in [0.4, 0.5) is 5.13 Å². The number of anilines is 1. The Labute approximate surface area is 79.8 Å². The van der Waals surface area contributed by atoms with Gasteiger partial charge in [0.15, 0.2) is 5.13 Å². The molecule has 0 amide bonds. The van der Waals surface area contributed by atoms with E-state index in [2.05, 4.69) is 4.98 Å². The molecular weight excluding hydrogens is 184 g/mol. The van der Waals surface area contributed by atoms with Crippen LogP contribution in [-0.4, -0.2) is 10.1 Å². The van der Waals surface area contributed by atoms with Crippen LogP contribution in [-0.2, 0) is 0 Å². The summed E-state index contributed by atoms with van der Waals surface area (Å²) in [6, 6.07) is 5.67. The van der Waals surface area contributed by atoms with Crippen molar-refractivity contribution in [2.45, 2.75) is 13.0 Å². The second-order valence-electron chi connectivity index (χ2n) is 2.96. The molecule has 0 radical (unpaired) electrons. The van der Waals surface area contributed by atoms with Gasteiger partial charge in [0, 0.05) is 0 Å². The van der Waals surface area contributed by atoms with E-state index in [1.807, 2.05) is 18.2 Å². The molecule has 1 aromatic heterocycles. The number of benzene rings is 1. The second-order valence-corrected chi connectivity index (χ2v) is 4.02. The summed E-state index contributed by atoms with van der Waals surface area (Å²) < 4.78 is 1.02. The zero-order chi connectivity index (χ0) is 9.42. The summed E-state index contributed by atoms with van der Waals surface area (Å²) in [5.41, 5.74) is 7.36. The van der Waals surface area contributed by atoms with Crippen LogP contribution in [0.5, 0.6) is 0 Å². The molecule has 1 heterocycles. The molecule has 0 saturated heterocycles. The largest absolute Gasteiger partial charge is 0.389 e. The van der Waals surface area contributed by atoms with Gasteiger partial charge in [0.2, 0.25) is 0 Å². The average Bonchev–Trinajstić information content (AvgIpc) is 2.42. The Morgan fingerprint density at radius 1 is 1.54 bits per heavy atom. The van der Waals surface area contributed by atoms with Crippen molar-refractivity contribution in [3.05, 3.63) is 23.8 Å². The number of thiazole rings is 1. The molecule has 0 saturated carbocycles. The van der Waals surface area contributed by atoms with Gasteiger partial charge in [-0.25, -0.2) is 4.98 Å². The molecule has 2 rings (SSSR count). The first-order valence-electron chi connectivity index (χ1n) is 4.01. The molecule has 0 aliphatic heterocycles.